The molecule has 0 atom stereocenters. The van der Waals surface area contributed by atoms with Crippen molar-refractivity contribution in [3.63, 3.8) is 0 Å². The molecule has 1 nitrogen and oxygen atoms in total. The fourth-order valence-corrected chi connectivity index (χ4v) is 5.07. The van der Waals surface area contributed by atoms with Crippen LogP contribution in [0.1, 0.15) is 29.2 Å². The van der Waals surface area contributed by atoms with Crippen LogP contribution in [0.3, 0.4) is 0 Å². The highest BCUT2D eigenvalue weighted by atomic mass is 14.6. The summed E-state index contributed by atoms with van der Waals surface area (Å²) in [7, 11) is 0. The lowest BCUT2D eigenvalue weighted by Gasteiger charge is -2.31. The maximum absolute atomic E-state index is 6.48. The second-order valence-corrected chi connectivity index (χ2v) is 7.14. The topological polar surface area (TPSA) is 26.0 Å². The molecule has 2 aliphatic rings. The van der Waals surface area contributed by atoms with Gasteiger partial charge in [-0.3, -0.25) is 0 Å². The van der Waals surface area contributed by atoms with E-state index in [2.05, 4.69) is 86.3 Å². The van der Waals surface area contributed by atoms with Gasteiger partial charge in [-0.1, -0.05) is 85.5 Å². The van der Waals surface area contributed by atoms with Crippen molar-refractivity contribution < 1.29 is 0 Å². The van der Waals surface area contributed by atoms with Crippen LogP contribution in [0.5, 0.6) is 0 Å². The summed E-state index contributed by atoms with van der Waals surface area (Å²) in [6.45, 7) is 6.20. The van der Waals surface area contributed by atoms with Crippen LogP contribution >= 0.6 is 0 Å². The van der Waals surface area contributed by atoms with Crippen LogP contribution in [-0.4, -0.2) is 0 Å². The van der Waals surface area contributed by atoms with Crippen molar-refractivity contribution in [2.45, 2.75) is 12.3 Å². The van der Waals surface area contributed by atoms with Gasteiger partial charge in [-0.2, -0.15) is 0 Å². The summed E-state index contributed by atoms with van der Waals surface area (Å²) in [5.74, 6) is 0. The lowest BCUT2D eigenvalue weighted by molar-refractivity contribution is 0.786. The Labute approximate surface area is 160 Å². The van der Waals surface area contributed by atoms with Crippen LogP contribution in [-0.2, 0) is 5.41 Å². The molecule has 1 spiro atoms. The minimum absolute atomic E-state index is 0.339. The van der Waals surface area contributed by atoms with Crippen LogP contribution in [0, 0.1) is 0 Å². The molecule has 0 unspecified atom stereocenters. The van der Waals surface area contributed by atoms with Crippen molar-refractivity contribution in [2.24, 2.45) is 0 Å². The Kier molecular flexibility index (Phi) is 3.29. The van der Waals surface area contributed by atoms with Gasteiger partial charge in [0.05, 0.1) is 5.41 Å². The predicted molar refractivity (Wildman–Crippen MR) is 115 cm³/mol. The first-order chi connectivity index (χ1) is 13.2. The highest BCUT2D eigenvalue weighted by Gasteiger charge is 2.51. The SMILES string of the molecule is C=CC1=C(/C=C\C)C2(c3ccccc3-c3ccccc32)c2cccc(N)c21. The molecule has 0 saturated carbocycles. The maximum atomic E-state index is 6.48. The number of nitrogens with two attached hydrogens (primary N) is 1. The average Bonchev–Trinajstić information content (AvgIpc) is 3.16. The zero-order valence-electron chi connectivity index (χ0n) is 15.4. The van der Waals surface area contributed by atoms with Gasteiger partial charge in [0, 0.05) is 11.3 Å². The van der Waals surface area contributed by atoms with E-state index in [0.29, 0.717) is 0 Å². The third-order valence-corrected chi connectivity index (χ3v) is 5.95. The van der Waals surface area contributed by atoms with E-state index in [1.165, 1.54) is 33.4 Å². The minimum atomic E-state index is -0.339. The van der Waals surface area contributed by atoms with Crippen LogP contribution in [0.25, 0.3) is 16.7 Å². The Hall–Kier alpha value is -3.32. The van der Waals surface area contributed by atoms with Gasteiger partial charge in [0.2, 0.25) is 0 Å². The zero-order valence-corrected chi connectivity index (χ0v) is 15.4. The molecule has 2 aliphatic carbocycles. The van der Waals surface area contributed by atoms with E-state index in [4.69, 9.17) is 5.73 Å². The third-order valence-electron chi connectivity index (χ3n) is 5.95. The van der Waals surface area contributed by atoms with Gasteiger partial charge >= 0.3 is 0 Å². The highest BCUT2D eigenvalue weighted by Crippen LogP contribution is 2.62. The van der Waals surface area contributed by atoms with Crippen molar-refractivity contribution in [2.75, 3.05) is 5.73 Å². The molecule has 1 heteroatoms. The van der Waals surface area contributed by atoms with Crippen LogP contribution in [0.4, 0.5) is 5.69 Å². The Morgan fingerprint density at radius 1 is 0.815 bits per heavy atom. The summed E-state index contributed by atoms with van der Waals surface area (Å²) in [6.07, 6.45) is 6.31. The molecule has 0 bridgehead atoms. The van der Waals surface area contributed by atoms with Crippen molar-refractivity contribution >= 4 is 11.3 Å². The van der Waals surface area contributed by atoms with E-state index in [1.807, 2.05) is 12.1 Å². The second kappa shape index (κ2) is 5.59. The molecule has 0 aliphatic heterocycles. The highest BCUT2D eigenvalue weighted by molar-refractivity contribution is 6.00. The summed E-state index contributed by atoms with van der Waals surface area (Å²) >= 11 is 0. The lowest BCUT2D eigenvalue weighted by Crippen LogP contribution is -2.26. The summed E-state index contributed by atoms with van der Waals surface area (Å²) in [6, 6.07) is 23.8. The zero-order chi connectivity index (χ0) is 18.6. The number of anilines is 1. The molecule has 0 saturated heterocycles. The van der Waals surface area contributed by atoms with E-state index in [0.717, 1.165) is 16.8 Å². The molecule has 0 radical (unpaired) electrons. The molecule has 0 fully saturated rings. The van der Waals surface area contributed by atoms with E-state index < -0.39 is 0 Å². The third kappa shape index (κ3) is 1.79. The molecule has 130 valence electrons. The van der Waals surface area contributed by atoms with Crippen molar-refractivity contribution in [3.05, 3.63) is 119 Å². The first kappa shape index (κ1) is 15.9. The van der Waals surface area contributed by atoms with Gasteiger partial charge in [-0.25, -0.2) is 0 Å². The molecular weight excluding hydrogens is 326 g/mol. The molecule has 5 rings (SSSR count). The molecule has 0 heterocycles. The van der Waals surface area contributed by atoms with Crippen LogP contribution in [0.2, 0.25) is 0 Å². The predicted octanol–water partition coefficient (Wildman–Crippen LogP) is 6.11. The van der Waals surface area contributed by atoms with Crippen LogP contribution in [0.15, 0.2) is 97.1 Å². The maximum Gasteiger partial charge on any atom is 0.0726 e. The smallest absolute Gasteiger partial charge is 0.0726 e. The van der Waals surface area contributed by atoms with Crippen molar-refractivity contribution in [1.29, 1.82) is 0 Å². The van der Waals surface area contributed by atoms with Gasteiger partial charge < -0.3 is 5.73 Å². The summed E-state index contributed by atoms with van der Waals surface area (Å²) in [4.78, 5) is 0. The summed E-state index contributed by atoms with van der Waals surface area (Å²) < 4.78 is 0. The number of hydrogen-bond donors (Lipinski definition) is 1. The standard InChI is InChI=1S/C26H21N/c1-3-10-20-17(4-2)25-23(15-9-16-24(25)27)26(20)21-13-7-5-11-18(21)19-12-6-8-14-22(19)26/h3-16H,2,27H2,1H3/b10-3-. The lowest BCUT2D eigenvalue weighted by atomic mass is 9.69. The second-order valence-electron chi connectivity index (χ2n) is 7.14. The quantitative estimate of drug-likeness (QED) is 0.556. The fraction of sp³-hybridized carbons (Fsp3) is 0.0769. The summed E-state index contributed by atoms with van der Waals surface area (Å²) in [5, 5.41) is 0. The number of allylic oxidation sites excluding steroid dienone is 5. The van der Waals surface area contributed by atoms with E-state index in [-0.39, 0.29) is 5.41 Å². The van der Waals surface area contributed by atoms with Crippen molar-refractivity contribution in [3.8, 4) is 11.1 Å². The number of nitrogen functional groups attached to an aromatic ring is 1. The molecule has 3 aromatic rings. The number of rotatable bonds is 2. The largest absolute Gasteiger partial charge is 0.398 e. The molecule has 0 aromatic heterocycles. The normalized spacial score (nSPS) is 15.9. The van der Waals surface area contributed by atoms with Gasteiger partial charge in [0.15, 0.2) is 0 Å². The summed E-state index contributed by atoms with van der Waals surface area (Å²) in [5.41, 5.74) is 17.0. The molecule has 2 N–H and O–H groups in total. The van der Waals surface area contributed by atoms with Gasteiger partial charge in [-0.05, 0) is 52.0 Å². The van der Waals surface area contributed by atoms with Gasteiger partial charge in [-0.15, -0.1) is 0 Å². The number of hydrogen-bond acceptors (Lipinski definition) is 1. The Morgan fingerprint density at radius 2 is 1.41 bits per heavy atom. The Morgan fingerprint density at radius 3 is 2.00 bits per heavy atom. The molecule has 3 aromatic carbocycles. The number of fused-ring (bicyclic) bond motifs is 7. The molecule has 27 heavy (non-hydrogen) atoms. The molecule has 0 amide bonds. The first-order valence-corrected chi connectivity index (χ1v) is 9.33. The average molecular weight is 347 g/mol. The number of benzene rings is 3. The first-order valence-electron chi connectivity index (χ1n) is 9.33. The Balaban J connectivity index is 2.05. The van der Waals surface area contributed by atoms with E-state index in [1.54, 1.807) is 0 Å². The monoisotopic (exact) mass is 347 g/mol. The minimum Gasteiger partial charge on any atom is -0.398 e. The Bertz CT molecular complexity index is 1110. The van der Waals surface area contributed by atoms with Gasteiger partial charge in [0.25, 0.3) is 0 Å². The van der Waals surface area contributed by atoms with E-state index in [9.17, 15) is 0 Å². The van der Waals surface area contributed by atoms with E-state index >= 15 is 0 Å². The fourth-order valence-electron chi connectivity index (χ4n) is 5.07. The van der Waals surface area contributed by atoms with Crippen LogP contribution < -0.4 is 5.73 Å². The van der Waals surface area contributed by atoms with Crippen molar-refractivity contribution in [1.82, 2.24) is 0 Å². The van der Waals surface area contributed by atoms with Gasteiger partial charge in [0.1, 0.15) is 0 Å². The molecular formula is C26H21N.